The van der Waals surface area contributed by atoms with Crippen molar-refractivity contribution < 1.29 is 43.9 Å². The summed E-state index contributed by atoms with van der Waals surface area (Å²) in [5.41, 5.74) is 10.6. The normalized spacial score (nSPS) is 27.1. The second-order valence-corrected chi connectivity index (χ2v) is 11.2. The molecule has 2 aromatic carbocycles. The summed E-state index contributed by atoms with van der Waals surface area (Å²) >= 11 is 0. The molecule has 1 unspecified atom stereocenters. The number of ketones is 1. The lowest BCUT2D eigenvalue weighted by atomic mass is 9.82. The molecule has 1 fully saturated rings. The quantitative estimate of drug-likeness (QED) is 0.190. The van der Waals surface area contributed by atoms with Gasteiger partial charge in [0.1, 0.15) is 31.0 Å². The number of ether oxygens (including phenoxy) is 3. The first kappa shape index (κ1) is 31.5. The van der Waals surface area contributed by atoms with Crippen molar-refractivity contribution in [1.82, 2.24) is 10.6 Å². The number of fused-ring (bicyclic) bond motifs is 3. The molecule has 12 heteroatoms. The molecule has 0 saturated carbocycles. The van der Waals surface area contributed by atoms with Crippen molar-refractivity contribution in [1.29, 1.82) is 0 Å². The Morgan fingerprint density at radius 1 is 1.09 bits per heavy atom. The third-order valence-corrected chi connectivity index (χ3v) is 8.32. The molecule has 2 aromatic rings. The van der Waals surface area contributed by atoms with E-state index in [0.717, 1.165) is 23.1 Å². The van der Waals surface area contributed by atoms with E-state index in [2.05, 4.69) is 28.8 Å². The van der Waals surface area contributed by atoms with Crippen molar-refractivity contribution >= 4 is 17.8 Å². The van der Waals surface area contributed by atoms with Gasteiger partial charge >= 0.3 is 6.09 Å². The highest BCUT2D eigenvalue weighted by molar-refractivity contribution is 5.98. The molecule has 6 atom stereocenters. The molecule has 1 heterocycles. The molecule has 7 N–H and O–H groups in total. The maximum atomic E-state index is 13.1. The number of alkyl carbamates (subject to hydrolysis) is 1. The summed E-state index contributed by atoms with van der Waals surface area (Å²) in [4.78, 5) is 38.6. The fourth-order valence-electron chi connectivity index (χ4n) is 5.86. The summed E-state index contributed by atoms with van der Waals surface area (Å²) < 4.78 is 16.0. The third-order valence-electron chi connectivity index (χ3n) is 8.32. The number of nitrogens with two attached hydrogens (primary N) is 1. The minimum Gasteiger partial charge on any atom is -0.445 e. The summed E-state index contributed by atoms with van der Waals surface area (Å²) in [5.74, 6) is -1.04. The average Bonchev–Trinajstić information content (AvgIpc) is 3.41. The number of aliphatic hydroxyl groups is 3. The molecule has 0 bridgehead atoms. The van der Waals surface area contributed by atoms with E-state index in [0.29, 0.717) is 0 Å². The first-order valence-corrected chi connectivity index (χ1v) is 14.4. The number of methoxy groups -OCH3 is 1. The number of carbonyl (C=O) groups excluding carboxylic acids is 3. The van der Waals surface area contributed by atoms with E-state index >= 15 is 0 Å². The van der Waals surface area contributed by atoms with Gasteiger partial charge in [-0.3, -0.25) is 9.59 Å². The summed E-state index contributed by atoms with van der Waals surface area (Å²) in [6.07, 6.45) is -0.816. The zero-order valence-electron chi connectivity index (χ0n) is 24.3. The molecule has 12 nitrogen and oxygen atoms in total. The fourth-order valence-corrected chi connectivity index (χ4v) is 5.86. The van der Waals surface area contributed by atoms with Crippen LogP contribution in [0.1, 0.15) is 29.5 Å². The van der Waals surface area contributed by atoms with E-state index in [1.807, 2.05) is 24.3 Å². The fraction of sp³-hybridized carbons (Fsp3) is 0.406. The molecule has 2 amide bonds. The monoisotopic (exact) mass is 607 g/mol. The van der Waals surface area contributed by atoms with Crippen molar-refractivity contribution in [3.63, 3.8) is 0 Å². The highest BCUT2D eigenvalue weighted by Gasteiger charge is 2.46. The number of amides is 2. The second kappa shape index (κ2) is 13.4. The van der Waals surface area contributed by atoms with E-state index in [-0.39, 0.29) is 31.6 Å². The first-order chi connectivity index (χ1) is 21.1. The Morgan fingerprint density at radius 3 is 2.64 bits per heavy atom. The molecular formula is C32H37N3O9. The minimum atomic E-state index is -1.50. The number of hydrogen-bond acceptors (Lipinski definition) is 10. The SMILES string of the molecule is CO[C@H]1O[C@H](CO)[C@@H](O)[C@H](O)[C@H]1NC(=O)C1=CC=CC(N)(C(=O)CCNC(=O)OCc2cccc3c2Cc2ccccc2-3)C1. The number of allylic oxidation sites excluding steroid dienone is 2. The molecule has 0 aromatic heterocycles. The molecule has 0 spiro atoms. The Bertz CT molecular complexity index is 1470. The first-order valence-electron chi connectivity index (χ1n) is 14.4. The van der Waals surface area contributed by atoms with Gasteiger partial charge in [-0.25, -0.2) is 4.79 Å². The molecule has 0 radical (unpaired) electrons. The molecule has 3 aliphatic rings. The van der Waals surface area contributed by atoms with Crippen LogP contribution in [0.2, 0.25) is 0 Å². The summed E-state index contributed by atoms with van der Waals surface area (Å²) in [6.45, 7) is -0.478. The number of aliphatic hydroxyl groups excluding tert-OH is 3. The number of hydrogen-bond donors (Lipinski definition) is 6. The highest BCUT2D eigenvalue weighted by atomic mass is 16.7. The molecule has 1 saturated heterocycles. The van der Waals surface area contributed by atoms with Crippen molar-refractivity contribution in [2.24, 2.45) is 5.73 Å². The number of nitrogens with one attached hydrogen (secondary N) is 2. The zero-order valence-corrected chi connectivity index (χ0v) is 24.3. The summed E-state index contributed by atoms with van der Waals surface area (Å²) in [5, 5.41) is 35.3. The van der Waals surface area contributed by atoms with E-state index in [1.165, 1.54) is 36.5 Å². The van der Waals surface area contributed by atoms with Crippen LogP contribution in [-0.2, 0) is 36.8 Å². The van der Waals surface area contributed by atoms with Crippen molar-refractivity contribution in [2.75, 3.05) is 20.3 Å². The molecular weight excluding hydrogens is 570 g/mol. The number of Topliss-reactive ketones (excluding diaryl/α,β-unsaturated/α-hetero) is 1. The molecule has 44 heavy (non-hydrogen) atoms. The van der Waals surface area contributed by atoms with Crippen LogP contribution in [-0.4, -0.2) is 89.5 Å². The van der Waals surface area contributed by atoms with Gasteiger partial charge in [-0.15, -0.1) is 0 Å². The van der Waals surface area contributed by atoms with Crippen LogP contribution in [0.15, 0.2) is 66.3 Å². The highest BCUT2D eigenvalue weighted by Crippen LogP contribution is 2.38. The molecule has 5 rings (SSSR count). The van der Waals surface area contributed by atoms with Crippen LogP contribution in [0.4, 0.5) is 4.79 Å². The minimum absolute atomic E-state index is 0.0148. The van der Waals surface area contributed by atoms with Gasteiger partial charge in [0, 0.05) is 32.1 Å². The Hall–Kier alpha value is -3.91. The number of benzene rings is 2. The topological polar surface area (TPSA) is 190 Å². The second-order valence-electron chi connectivity index (χ2n) is 11.2. The van der Waals surface area contributed by atoms with Gasteiger partial charge in [0.25, 0.3) is 0 Å². The van der Waals surface area contributed by atoms with Gasteiger partial charge in [0.05, 0.1) is 12.1 Å². The lowest BCUT2D eigenvalue weighted by Gasteiger charge is -2.42. The Labute approximate surface area is 254 Å². The summed E-state index contributed by atoms with van der Waals surface area (Å²) in [6, 6.07) is 13.0. The largest absolute Gasteiger partial charge is 0.445 e. The zero-order chi connectivity index (χ0) is 31.4. The van der Waals surface area contributed by atoms with Crippen LogP contribution in [0.5, 0.6) is 0 Å². The number of rotatable bonds is 10. The average molecular weight is 608 g/mol. The van der Waals surface area contributed by atoms with Crippen LogP contribution in [0.3, 0.4) is 0 Å². The van der Waals surface area contributed by atoms with Crippen molar-refractivity contribution in [3.05, 3.63) is 83.0 Å². The van der Waals surface area contributed by atoms with Crippen LogP contribution < -0.4 is 16.4 Å². The predicted molar refractivity (Wildman–Crippen MR) is 158 cm³/mol. The van der Waals surface area contributed by atoms with Crippen molar-refractivity contribution in [3.8, 4) is 11.1 Å². The van der Waals surface area contributed by atoms with Crippen LogP contribution in [0.25, 0.3) is 11.1 Å². The maximum Gasteiger partial charge on any atom is 0.407 e. The standard InChI is InChI=1S/C32H37N3O9/c1-42-30-26(28(39)27(38)24(16-36)44-30)35-29(40)19-8-5-12-32(33,15-19)25(37)11-13-34-31(41)43-17-20-7-4-10-22-21-9-3-2-6-18(21)14-23(20)22/h2-10,12,24,26-28,30,36,38-39H,11,13-17,33H2,1H3,(H,34,41)(H,35,40)/t24-,26-,27-,28-,30+,32?/m1/s1. The Balaban J connectivity index is 1.10. The Morgan fingerprint density at radius 2 is 1.86 bits per heavy atom. The van der Waals surface area contributed by atoms with E-state index in [9.17, 15) is 29.7 Å². The molecule has 1 aliphatic heterocycles. The smallest absolute Gasteiger partial charge is 0.407 e. The number of carbonyl (C=O) groups is 3. The van der Waals surface area contributed by atoms with Crippen LogP contribution >= 0.6 is 0 Å². The van der Waals surface area contributed by atoms with E-state index < -0.39 is 60.6 Å². The molecule has 234 valence electrons. The van der Waals surface area contributed by atoms with Gasteiger partial charge in [-0.2, -0.15) is 0 Å². The van der Waals surface area contributed by atoms with Crippen LogP contribution in [0, 0.1) is 0 Å². The van der Waals surface area contributed by atoms with Gasteiger partial charge in [0.2, 0.25) is 5.91 Å². The summed E-state index contributed by atoms with van der Waals surface area (Å²) in [7, 11) is 1.30. The van der Waals surface area contributed by atoms with E-state index in [4.69, 9.17) is 19.9 Å². The van der Waals surface area contributed by atoms with Crippen molar-refractivity contribution in [2.45, 2.75) is 62.1 Å². The van der Waals surface area contributed by atoms with Gasteiger partial charge in [-0.1, -0.05) is 60.7 Å². The third kappa shape index (κ3) is 6.46. The van der Waals surface area contributed by atoms with Gasteiger partial charge in [-0.05, 0) is 34.2 Å². The maximum absolute atomic E-state index is 13.1. The lowest BCUT2D eigenvalue weighted by molar-refractivity contribution is -0.262. The Kier molecular flexibility index (Phi) is 9.59. The van der Waals surface area contributed by atoms with Gasteiger partial charge < -0.3 is 45.9 Å². The van der Waals surface area contributed by atoms with Gasteiger partial charge in [0.15, 0.2) is 12.1 Å². The predicted octanol–water partition coefficient (Wildman–Crippen LogP) is 0.597. The molecule has 2 aliphatic carbocycles. The lowest BCUT2D eigenvalue weighted by Crippen LogP contribution is -2.64. The van der Waals surface area contributed by atoms with E-state index in [1.54, 1.807) is 0 Å².